The normalized spacial score (nSPS) is 10.6. The lowest BCUT2D eigenvalue weighted by atomic mass is 10.1. The average molecular weight is 260 g/mol. The SMILES string of the molecule is NCc1cc(F)ccc1COCCc1ccccn1. The van der Waals surface area contributed by atoms with E-state index < -0.39 is 0 Å². The summed E-state index contributed by atoms with van der Waals surface area (Å²) in [5, 5.41) is 0. The Morgan fingerprint density at radius 3 is 2.79 bits per heavy atom. The summed E-state index contributed by atoms with van der Waals surface area (Å²) in [6.07, 6.45) is 2.53. The highest BCUT2D eigenvalue weighted by Crippen LogP contribution is 2.12. The van der Waals surface area contributed by atoms with Crippen molar-refractivity contribution in [1.82, 2.24) is 4.98 Å². The second kappa shape index (κ2) is 6.97. The number of hydrogen-bond acceptors (Lipinski definition) is 3. The minimum absolute atomic E-state index is 0.266. The Balaban J connectivity index is 1.83. The second-order valence-corrected chi connectivity index (χ2v) is 4.24. The van der Waals surface area contributed by atoms with Gasteiger partial charge in [0, 0.05) is 24.9 Å². The van der Waals surface area contributed by atoms with E-state index in [2.05, 4.69) is 4.98 Å². The predicted molar refractivity (Wildman–Crippen MR) is 71.9 cm³/mol. The number of halogens is 1. The zero-order valence-corrected chi connectivity index (χ0v) is 10.7. The van der Waals surface area contributed by atoms with Gasteiger partial charge in [0.2, 0.25) is 0 Å². The molecule has 1 aromatic carbocycles. The van der Waals surface area contributed by atoms with E-state index in [9.17, 15) is 4.39 Å². The van der Waals surface area contributed by atoms with Gasteiger partial charge in [-0.2, -0.15) is 0 Å². The first-order valence-electron chi connectivity index (χ1n) is 6.24. The van der Waals surface area contributed by atoms with Gasteiger partial charge in [-0.25, -0.2) is 4.39 Å². The van der Waals surface area contributed by atoms with E-state index >= 15 is 0 Å². The van der Waals surface area contributed by atoms with Gasteiger partial charge in [0.1, 0.15) is 5.82 Å². The first kappa shape index (κ1) is 13.6. The minimum Gasteiger partial charge on any atom is -0.376 e. The van der Waals surface area contributed by atoms with Gasteiger partial charge in [-0.05, 0) is 35.4 Å². The fraction of sp³-hybridized carbons (Fsp3) is 0.267. The van der Waals surface area contributed by atoms with Gasteiger partial charge in [0.05, 0.1) is 13.2 Å². The van der Waals surface area contributed by atoms with E-state index in [4.69, 9.17) is 10.5 Å². The van der Waals surface area contributed by atoms with Gasteiger partial charge < -0.3 is 10.5 Å². The monoisotopic (exact) mass is 260 g/mol. The van der Waals surface area contributed by atoms with Crippen LogP contribution in [0.2, 0.25) is 0 Å². The zero-order valence-electron chi connectivity index (χ0n) is 10.7. The number of ether oxygens (including phenoxy) is 1. The smallest absolute Gasteiger partial charge is 0.123 e. The van der Waals surface area contributed by atoms with Gasteiger partial charge in [0.25, 0.3) is 0 Å². The number of aromatic nitrogens is 1. The van der Waals surface area contributed by atoms with Crippen molar-refractivity contribution in [3.05, 3.63) is 65.2 Å². The van der Waals surface area contributed by atoms with Gasteiger partial charge in [-0.3, -0.25) is 4.98 Å². The molecule has 0 aliphatic heterocycles. The number of hydrogen-bond donors (Lipinski definition) is 1. The van der Waals surface area contributed by atoms with E-state index in [1.807, 2.05) is 18.2 Å². The molecule has 0 spiro atoms. The molecule has 100 valence electrons. The zero-order chi connectivity index (χ0) is 13.5. The summed E-state index contributed by atoms with van der Waals surface area (Å²) >= 11 is 0. The molecule has 2 N–H and O–H groups in total. The van der Waals surface area contributed by atoms with Gasteiger partial charge in [-0.1, -0.05) is 12.1 Å². The van der Waals surface area contributed by atoms with E-state index in [1.54, 1.807) is 12.3 Å². The molecular weight excluding hydrogens is 243 g/mol. The van der Waals surface area contributed by atoms with Crippen LogP contribution >= 0.6 is 0 Å². The molecular formula is C15H17FN2O. The minimum atomic E-state index is -0.266. The van der Waals surface area contributed by atoms with Gasteiger partial charge in [0.15, 0.2) is 0 Å². The maximum Gasteiger partial charge on any atom is 0.123 e. The molecule has 3 nitrogen and oxygen atoms in total. The molecule has 1 aromatic heterocycles. The van der Waals surface area contributed by atoms with Crippen LogP contribution in [0.1, 0.15) is 16.8 Å². The molecule has 0 atom stereocenters. The lowest BCUT2D eigenvalue weighted by Crippen LogP contribution is -2.06. The molecule has 4 heteroatoms. The van der Waals surface area contributed by atoms with Crippen molar-refractivity contribution in [3.8, 4) is 0 Å². The molecule has 1 heterocycles. The topological polar surface area (TPSA) is 48.1 Å². The lowest BCUT2D eigenvalue weighted by molar-refractivity contribution is 0.122. The molecule has 0 aliphatic rings. The van der Waals surface area contributed by atoms with Crippen molar-refractivity contribution in [2.24, 2.45) is 5.73 Å². The maximum atomic E-state index is 13.0. The highest BCUT2D eigenvalue weighted by atomic mass is 19.1. The van der Waals surface area contributed by atoms with E-state index in [0.717, 1.165) is 23.2 Å². The van der Waals surface area contributed by atoms with Crippen molar-refractivity contribution in [2.45, 2.75) is 19.6 Å². The molecule has 0 aliphatic carbocycles. The molecule has 19 heavy (non-hydrogen) atoms. The number of rotatable bonds is 6. The molecule has 0 saturated heterocycles. The molecule has 0 fully saturated rings. The Morgan fingerprint density at radius 1 is 1.16 bits per heavy atom. The first-order chi connectivity index (χ1) is 9.29. The summed E-state index contributed by atoms with van der Waals surface area (Å²) < 4.78 is 18.6. The second-order valence-electron chi connectivity index (χ2n) is 4.24. The Kier molecular flexibility index (Phi) is 5.01. The molecule has 0 saturated carbocycles. The van der Waals surface area contributed by atoms with Crippen LogP contribution in [0.15, 0.2) is 42.6 Å². The van der Waals surface area contributed by atoms with Crippen LogP contribution in [0.25, 0.3) is 0 Å². The third-order valence-corrected chi connectivity index (χ3v) is 2.87. The van der Waals surface area contributed by atoms with Crippen LogP contribution in [-0.2, 0) is 24.3 Å². The van der Waals surface area contributed by atoms with Gasteiger partial charge >= 0.3 is 0 Å². The summed E-state index contributed by atoms with van der Waals surface area (Å²) in [7, 11) is 0. The number of nitrogens with two attached hydrogens (primary N) is 1. The summed E-state index contributed by atoms with van der Waals surface area (Å²) in [6, 6.07) is 10.4. The number of benzene rings is 1. The van der Waals surface area contributed by atoms with Crippen molar-refractivity contribution in [2.75, 3.05) is 6.61 Å². The van der Waals surface area contributed by atoms with Crippen LogP contribution in [-0.4, -0.2) is 11.6 Å². The van der Waals surface area contributed by atoms with Crippen molar-refractivity contribution in [3.63, 3.8) is 0 Å². The van der Waals surface area contributed by atoms with Crippen LogP contribution in [0, 0.1) is 5.82 Å². The van der Waals surface area contributed by atoms with Crippen LogP contribution in [0.4, 0.5) is 4.39 Å². The van der Waals surface area contributed by atoms with E-state index in [0.29, 0.717) is 19.8 Å². The Labute approximate surface area is 112 Å². The third-order valence-electron chi connectivity index (χ3n) is 2.87. The largest absolute Gasteiger partial charge is 0.376 e. The number of nitrogens with zero attached hydrogens (tertiary/aromatic N) is 1. The molecule has 0 radical (unpaired) electrons. The highest BCUT2D eigenvalue weighted by Gasteiger charge is 2.03. The first-order valence-corrected chi connectivity index (χ1v) is 6.24. The maximum absolute atomic E-state index is 13.0. The van der Waals surface area contributed by atoms with Crippen molar-refractivity contribution in [1.29, 1.82) is 0 Å². The summed E-state index contributed by atoms with van der Waals surface area (Å²) in [5.74, 6) is -0.266. The predicted octanol–water partition coefficient (Wildman–Crippen LogP) is 2.44. The molecule has 0 amide bonds. The molecule has 0 unspecified atom stereocenters. The fourth-order valence-electron chi connectivity index (χ4n) is 1.83. The van der Waals surface area contributed by atoms with Crippen LogP contribution < -0.4 is 5.73 Å². The molecule has 2 aromatic rings. The quantitative estimate of drug-likeness (QED) is 0.811. The Hall–Kier alpha value is -1.78. The van der Waals surface area contributed by atoms with Crippen LogP contribution in [0.5, 0.6) is 0 Å². The molecule has 2 rings (SSSR count). The third kappa shape index (κ3) is 4.12. The Morgan fingerprint density at radius 2 is 2.05 bits per heavy atom. The fourth-order valence-corrected chi connectivity index (χ4v) is 1.83. The van der Waals surface area contributed by atoms with E-state index in [1.165, 1.54) is 12.1 Å². The van der Waals surface area contributed by atoms with Crippen molar-refractivity contribution >= 4 is 0 Å². The van der Waals surface area contributed by atoms with Gasteiger partial charge in [-0.15, -0.1) is 0 Å². The Bertz CT molecular complexity index is 517. The standard InChI is InChI=1S/C15H17FN2O/c16-14-5-4-12(13(9-14)10-17)11-19-8-6-15-3-1-2-7-18-15/h1-5,7,9H,6,8,10-11,17H2. The summed E-state index contributed by atoms with van der Waals surface area (Å²) in [4.78, 5) is 4.22. The summed E-state index contributed by atoms with van der Waals surface area (Å²) in [6.45, 7) is 1.34. The number of pyridine rings is 1. The average Bonchev–Trinajstić information content (AvgIpc) is 2.46. The lowest BCUT2D eigenvalue weighted by Gasteiger charge is -2.09. The van der Waals surface area contributed by atoms with Crippen molar-refractivity contribution < 1.29 is 9.13 Å². The van der Waals surface area contributed by atoms with Crippen LogP contribution in [0.3, 0.4) is 0 Å². The highest BCUT2D eigenvalue weighted by molar-refractivity contribution is 5.27. The molecule has 0 bridgehead atoms. The summed E-state index contributed by atoms with van der Waals surface area (Å²) in [5.41, 5.74) is 8.31. The van der Waals surface area contributed by atoms with E-state index in [-0.39, 0.29) is 5.82 Å².